The van der Waals surface area contributed by atoms with E-state index in [0.717, 1.165) is 23.5 Å². The van der Waals surface area contributed by atoms with Gasteiger partial charge in [0.1, 0.15) is 0 Å². The lowest BCUT2D eigenvalue weighted by Gasteiger charge is -2.27. The lowest BCUT2D eigenvalue weighted by atomic mass is 10.1. The zero-order valence-corrected chi connectivity index (χ0v) is 13.1. The number of thioether (sulfide) groups is 1. The van der Waals surface area contributed by atoms with Crippen LogP contribution in [0.2, 0.25) is 0 Å². The smallest absolute Gasteiger partial charge is 0.246 e. The quantitative estimate of drug-likeness (QED) is 0.647. The van der Waals surface area contributed by atoms with Crippen molar-refractivity contribution in [1.82, 2.24) is 4.90 Å². The first-order valence-electron chi connectivity index (χ1n) is 7.11. The average molecular weight is 306 g/mol. The van der Waals surface area contributed by atoms with E-state index in [0.29, 0.717) is 24.9 Å². The number of carbonyl (C=O) groups excluding carboxylic acids is 1. The van der Waals surface area contributed by atoms with Crippen LogP contribution in [0.5, 0.6) is 0 Å². The standard InChI is InChI=1S/C16H22N2O2S/c1-20-9-8-18(15-7-10-21-12-15)16(19)6-5-13-3-2-4-14(17)11-13/h2-6,11,15H,7-10,12,17H2,1H3/b6-5+. The minimum Gasteiger partial charge on any atom is -0.399 e. The summed E-state index contributed by atoms with van der Waals surface area (Å²) in [7, 11) is 1.66. The van der Waals surface area contributed by atoms with Crippen molar-refractivity contribution in [2.75, 3.05) is 37.5 Å². The van der Waals surface area contributed by atoms with Crippen LogP contribution in [0.1, 0.15) is 12.0 Å². The molecule has 4 nitrogen and oxygen atoms in total. The van der Waals surface area contributed by atoms with Gasteiger partial charge >= 0.3 is 0 Å². The number of benzene rings is 1. The van der Waals surface area contributed by atoms with Gasteiger partial charge in [0.25, 0.3) is 0 Å². The van der Waals surface area contributed by atoms with Crippen molar-refractivity contribution in [3.63, 3.8) is 0 Å². The van der Waals surface area contributed by atoms with Crippen LogP contribution in [-0.4, -0.2) is 48.6 Å². The Morgan fingerprint density at radius 1 is 1.57 bits per heavy atom. The number of methoxy groups -OCH3 is 1. The van der Waals surface area contributed by atoms with Crippen molar-refractivity contribution >= 4 is 29.4 Å². The monoisotopic (exact) mass is 306 g/mol. The summed E-state index contributed by atoms with van der Waals surface area (Å²) < 4.78 is 5.12. The molecule has 1 fully saturated rings. The molecule has 1 amide bonds. The van der Waals surface area contributed by atoms with Crippen LogP contribution in [-0.2, 0) is 9.53 Å². The van der Waals surface area contributed by atoms with Gasteiger partial charge in [-0.3, -0.25) is 4.79 Å². The van der Waals surface area contributed by atoms with Crippen LogP contribution in [0.25, 0.3) is 6.08 Å². The molecule has 1 aromatic carbocycles. The lowest BCUT2D eigenvalue weighted by Crippen LogP contribution is -2.41. The largest absolute Gasteiger partial charge is 0.399 e. The van der Waals surface area contributed by atoms with Gasteiger partial charge in [-0.15, -0.1) is 0 Å². The van der Waals surface area contributed by atoms with Crippen LogP contribution in [0.3, 0.4) is 0 Å². The van der Waals surface area contributed by atoms with Crippen molar-refractivity contribution in [2.45, 2.75) is 12.5 Å². The first-order chi connectivity index (χ1) is 10.2. The second-order valence-corrected chi connectivity index (χ2v) is 6.20. The second kappa shape index (κ2) is 8.10. The first kappa shape index (κ1) is 15.9. The van der Waals surface area contributed by atoms with Crippen LogP contribution < -0.4 is 5.73 Å². The van der Waals surface area contributed by atoms with Crippen LogP contribution in [0, 0.1) is 0 Å². The first-order valence-corrected chi connectivity index (χ1v) is 8.27. The van der Waals surface area contributed by atoms with Gasteiger partial charge in [-0.05, 0) is 35.9 Å². The van der Waals surface area contributed by atoms with Crippen molar-refractivity contribution in [3.8, 4) is 0 Å². The van der Waals surface area contributed by atoms with E-state index in [1.54, 1.807) is 13.2 Å². The molecule has 0 saturated carbocycles. The molecule has 0 aliphatic carbocycles. The summed E-state index contributed by atoms with van der Waals surface area (Å²) in [5, 5.41) is 0. The van der Waals surface area contributed by atoms with E-state index in [1.165, 1.54) is 0 Å². The SMILES string of the molecule is COCCN(C(=O)/C=C/c1cccc(N)c1)C1CCSC1. The zero-order valence-electron chi connectivity index (χ0n) is 12.3. The molecule has 1 saturated heterocycles. The Labute approximate surface area is 130 Å². The molecule has 1 aliphatic rings. The molecule has 1 unspecified atom stereocenters. The third-order valence-electron chi connectivity index (χ3n) is 3.49. The second-order valence-electron chi connectivity index (χ2n) is 5.05. The van der Waals surface area contributed by atoms with Gasteiger partial charge in [0.05, 0.1) is 6.61 Å². The van der Waals surface area contributed by atoms with Crippen molar-refractivity contribution in [1.29, 1.82) is 0 Å². The Kier molecular flexibility index (Phi) is 6.14. The number of hydrogen-bond donors (Lipinski definition) is 1. The summed E-state index contributed by atoms with van der Waals surface area (Å²) in [5.74, 6) is 2.18. The highest BCUT2D eigenvalue weighted by Gasteiger charge is 2.25. The highest BCUT2D eigenvalue weighted by Crippen LogP contribution is 2.22. The molecule has 0 radical (unpaired) electrons. The van der Waals surface area contributed by atoms with Gasteiger partial charge in [0.15, 0.2) is 0 Å². The van der Waals surface area contributed by atoms with Gasteiger partial charge in [-0.2, -0.15) is 11.8 Å². The number of amides is 1. The number of nitrogen functional groups attached to an aromatic ring is 1. The van der Waals surface area contributed by atoms with E-state index in [4.69, 9.17) is 10.5 Å². The maximum absolute atomic E-state index is 12.4. The van der Waals surface area contributed by atoms with Gasteiger partial charge in [-0.25, -0.2) is 0 Å². The maximum Gasteiger partial charge on any atom is 0.246 e. The number of anilines is 1. The minimum absolute atomic E-state index is 0.0435. The molecule has 114 valence electrons. The average Bonchev–Trinajstić information content (AvgIpc) is 3.00. The summed E-state index contributed by atoms with van der Waals surface area (Å²) in [6, 6.07) is 7.83. The summed E-state index contributed by atoms with van der Waals surface area (Å²) in [6.07, 6.45) is 4.51. The molecule has 1 aromatic rings. The molecule has 0 spiro atoms. The third-order valence-corrected chi connectivity index (χ3v) is 4.64. The van der Waals surface area contributed by atoms with Gasteiger partial charge in [-0.1, -0.05) is 12.1 Å². The molecule has 1 heterocycles. The summed E-state index contributed by atoms with van der Waals surface area (Å²) in [6.45, 7) is 1.21. The lowest BCUT2D eigenvalue weighted by molar-refractivity contribution is -0.128. The fourth-order valence-corrected chi connectivity index (χ4v) is 3.58. The van der Waals surface area contributed by atoms with E-state index in [2.05, 4.69) is 0 Å². The molecule has 1 atom stereocenters. The van der Waals surface area contributed by atoms with Crippen LogP contribution in [0.15, 0.2) is 30.3 Å². The number of hydrogen-bond acceptors (Lipinski definition) is 4. The van der Waals surface area contributed by atoms with Crippen molar-refractivity contribution in [3.05, 3.63) is 35.9 Å². The molecule has 1 aliphatic heterocycles. The number of nitrogens with zero attached hydrogens (tertiary/aromatic N) is 1. The molecular weight excluding hydrogens is 284 g/mol. The Morgan fingerprint density at radius 3 is 3.10 bits per heavy atom. The number of ether oxygens (including phenoxy) is 1. The number of rotatable bonds is 6. The minimum atomic E-state index is 0.0435. The Balaban J connectivity index is 2.03. The fourth-order valence-electron chi connectivity index (χ4n) is 2.36. The zero-order chi connectivity index (χ0) is 15.1. The van der Waals surface area contributed by atoms with E-state index >= 15 is 0 Å². The normalized spacial score (nSPS) is 18.2. The molecule has 0 aromatic heterocycles. The molecule has 5 heteroatoms. The topological polar surface area (TPSA) is 55.6 Å². The molecule has 21 heavy (non-hydrogen) atoms. The Morgan fingerprint density at radius 2 is 2.43 bits per heavy atom. The van der Waals surface area contributed by atoms with Gasteiger partial charge in [0.2, 0.25) is 5.91 Å². The van der Waals surface area contributed by atoms with E-state index in [-0.39, 0.29) is 5.91 Å². The van der Waals surface area contributed by atoms with E-state index in [9.17, 15) is 4.79 Å². The maximum atomic E-state index is 12.4. The highest BCUT2D eigenvalue weighted by molar-refractivity contribution is 7.99. The number of nitrogens with two attached hydrogens (primary N) is 1. The van der Waals surface area contributed by atoms with Gasteiger partial charge in [0, 0.05) is 37.2 Å². The van der Waals surface area contributed by atoms with E-state index < -0.39 is 0 Å². The third kappa shape index (κ3) is 4.79. The van der Waals surface area contributed by atoms with E-state index in [1.807, 2.05) is 47.0 Å². The van der Waals surface area contributed by atoms with Crippen molar-refractivity contribution in [2.24, 2.45) is 0 Å². The predicted molar refractivity (Wildman–Crippen MR) is 89.2 cm³/mol. The Hall–Kier alpha value is -1.46. The molecule has 2 N–H and O–H groups in total. The molecule has 0 bridgehead atoms. The van der Waals surface area contributed by atoms with Crippen molar-refractivity contribution < 1.29 is 9.53 Å². The Bertz CT molecular complexity index is 499. The predicted octanol–water partition coefficient (Wildman–Crippen LogP) is 2.26. The molecular formula is C16H22N2O2S. The number of carbonyl (C=O) groups is 1. The van der Waals surface area contributed by atoms with Crippen LogP contribution >= 0.6 is 11.8 Å². The summed E-state index contributed by atoms with van der Waals surface area (Å²) in [4.78, 5) is 14.4. The molecule has 2 rings (SSSR count). The van der Waals surface area contributed by atoms with Gasteiger partial charge < -0.3 is 15.4 Å². The summed E-state index contributed by atoms with van der Waals surface area (Å²) >= 11 is 1.90. The summed E-state index contributed by atoms with van der Waals surface area (Å²) in [5.41, 5.74) is 7.38. The highest BCUT2D eigenvalue weighted by atomic mass is 32.2. The fraction of sp³-hybridized carbons (Fsp3) is 0.438. The van der Waals surface area contributed by atoms with Crippen LogP contribution in [0.4, 0.5) is 5.69 Å².